The molecule has 17 heteroatoms. The van der Waals surface area contributed by atoms with Gasteiger partial charge in [0.2, 0.25) is 11.9 Å². The van der Waals surface area contributed by atoms with E-state index in [9.17, 15) is 14.4 Å². The number of anilines is 2. The molecule has 6 heterocycles. The van der Waals surface area contributed by atoms with Gasteiger partial charge in [-0.3, -0.25) is 19.8 Å². The van der Waals surface area contributed by atoms with E-state index >= 15 is 0 Å². The van der Waals surface area contributed by atoms with E-state index in [1.54, 1.807) is 30.6 Å². The minimum atomic E-state index is -0.444. The Labute approximate surface area is 336 Å². The fourth-order valence-electron chi connectivity index (χ4n) is 8.34. The van der Waals surface area contributed by atoms with Crippen LogP contribution in [0.4, 0.5) is 16.6 Å². The number of piperidine rings is 2. The second kappa shape index (κ2) is 17.4. The second-order valence-electron chi connectivity index (χ2n) is 15.0. The number of carbonyl (C=O) groups excluding carboxylic acids is 3. The Morgan fingerprint density at radius 3 is 2.39 bits per heavy atom. The van der Waals surface area contributed by atoms with Crippen LogP contribution in [-0.4, -0.2) is 98.7 Å². The highest BCUT2D eigenvalue weighted by atomic mass is 35.5. The molecule has 2 N–H and O–H groups in total. The summed E-state index contributed by atoms with van der Waals surface area (Å²) >= 11 is 6.15. The van der Waals surface area contributed by atoms with Gasteiger partial charge in [-0.2, -0.15) is 5.26 Å². The highest BCUT2D eigenvalue weighted by Gasteiger charge is 2.30. The molecule has 1 aromatic carbocycles. The van der Waals surface area contributed by atoms with Crippen LogP contribution in [0, 0.1) is 17.2 Å². The maximum absolute atomic E-state index is 13.0. The van der Waals surface area contributed by atoms with E-state index in [4.69, 9.17) is 21.6 Å². The van der Waals surface area contributed by atoms with Gasteiger partial charge < -0.3 is 24.4 Å². The lowest BCUT2D eigenvalue weighted by atomic mass is 9.92. The van der Waals surface area contributed by atoms with Gasteiger partial charge in [0.15, 0.2) is 0 Å². The number of ether oxygens (including phenoxy) is 1. The minimum Gasteiger partial charge on any atom is -0.490 e. The fraction of sp³-hybridized carbons (Fsp3) is 0.487. The topological polar surface area (TPSA) is 174 Å². The Kier molecular flexibility index (Phi) is 12.2. The van der Waals surface area contributed by atoms with Crippen molar-refractivity contribution in [3.63, 3.8) is 0 Å². The molecule has 0 atom stereocenters. The summed E-state index contributed by atoms with van der Waals surface area (Å²) < 4.78 is 8.31. The van der Waals surface area contributed by atoms with Crippen LogP contribution in [0.25, 0.3) is 11.0 Å². The molecule has 4 aromatic rings. The van der Waals surface area contributed by atoms with Gasteiger partial charge in [0, 0.05) is 82.4 Å². The lowest BCUT2D eigenvalue weighted by molar-refractivity contribution is -0.120. The summed E-state index contributed by atoms with van der Waals surface area (Å²) in [6.45, 7) is 5.16. The first-order valence-corrected chi connectivity index (χ1v) is 19.6. The van der Waals surface area contributed by atoms with Crippen LogP contribution in [0.5, 0.6) is 5.75 Å². The molecule has 15 nitrogen and oxygen atoms in total. The summed E-state index contributed by atoms with van der Waals surface area (Å²) in [4.78, 5) is 61.6. The quantitative estimate of drug-likeness (QED) is 0.225. The van der Waals surface area contributed by atoms with Crippen molar-refractivity contribution in [2.75, 3.05) is 49.1 Å². The molecule has 294 valence electrons. The standard InChI is InChI=1S/C39H44ClN11O4.ClH/c40-33-19-31(4-1-26(33)20-41)55-30-5-2-28(3-6-30)46-37(53)27-21-42-38(43-22-27)49-15-7-25(8-16-49)23-48-13-9-29(10-14-48)50-17-11-32-35(50)44-24-45-36(32)51-18-12-34(52)47-39(51)54;/h1,4,11,17,19,21-22,24-25,28-30H,2-3,5-10,12-16,18,23H2,(H,46,53)(H,47,52,54);1H/t28-,30-;. The van der Waals surface area contributed by atoms with Crippen LogP contribution in [0.3, 0.4) is 0 Å². The average molecular weight is 803 g/mol. The van der Waals surface area contributed by atoms with E-state index in [1.165, 1.54) is 11.2 Å². The maximum Gasteiger partial charge on any atom is 0.329 e. The van der Waals surface area contributed by atoms with Gasteiger partial charge in [0.25, 0.3) is 5.91 Å². The summed E-state index contributed by atoms with van der Waals surface area (Å²) in [5, 5.41) is 15.8. The SMILES string of the molecule is Cl.N#Cc1ccc(O[C@H]2CC[C@H](NC(=O)c3cnc(N4CCC(CN5CCC(n6ccc7c(N8CCC(=O)NC8=O)ncnc76)CC5)CC4)nc3)CC2)cc1Cl. The van der Waals surface area contributed by atoms with Crippen molar-refractivity contribution in [1.82, 2.24) is 40.0 Å². The fourth-order valence-corrected chi connectivity index (χ4v) is 8.55. The Balaban J connectivity index is 0.00000480. The summed E-state index contributed by atoms with van der Waals surface area (Å²) in [5.41, 5.74) is 1.70. The van der Waals surface area contributed by atoms with Crippen LogP contribution in [0.15, 0.2) is 49.2 Å². The zero-order chi connectivity index (χ0) is 37.9. The number of halogens is 2. The Morgan fingerprint density at radius 2 is 1.70 bits per heavy atom. The third-order valence-corrected chi connectivity index (χ3v) is 11.7. The molecule has 1 aliphatic carbocycles. The van der Waals surface area contributed by atoms with Crippen molar-refractivity contribution in [2.45, 2.75) is 76.0 Å². The number of fused-ring (bicyclic) bond motifs is 1. The minimum absolute atomic E-state index is 0. The molecule has 0 bridgehead atoms. The Hall–Kier alpha value is -5.04. The molecule has 56 heavy (non-hydrogen) atoms. The number of hydrogen-bond donors (Lipinski definition) is 2. The summed E-state index contributed by atoms with van der Waals surface area (Å²) in [6, 6.07) is 9.07. The number of rotatable bonds is 9. The van der Waals surface area contributed by atoms with Crippen molar-refractivity contribution in [2.24, 2.45) is 5.92 Å². The van der Waals surface area contributed by atoms with Crippen molar-refractivity contribution in [3.8, 4) is 11.8 Å². The second-order valence-corrected chi connectivity index (χ2v) is 15.4. The van der Waals surface area contributed by atoms with E-state index in [-0.39, 0.29) is 42.8 Å². The normalized spacial score (nSPS) is 21.3. The summed E-state index contributed by atoms with van der Waals surface area (Å²) in [5.74, 6) is 2.02. The number of hydrogen-bond acceptors (Lipinski definition) is 11. The smallest absolute Gasteiger partial charge is 0.329 e. The lowest BCUT2D eigenvalue weighted by Gasteiger charge is -2.38. The van der Waals surface area contributed by atoms with E-state index in [2.05, 4.69) is 51.0 Å². The predicted molar refractivity (Wildman–Crippen MR) is 212 cm³/mol. The third kappa shape index (κ3) is 8.67. The van der Waals surface area contributed by atoms with Gasteiger partial charge in [-0.05, 0) is 75.5 Å². The van der Waals surface area contributed by atoms with Crippen LogP contribution in [0.2, 0.25) is 5.02 Å². The number of benzene rings is 1. The van der Waals surface area contributed by atoms with Crippen LogP contribution >= 0.6 is 24.0 Å². The van der Waals surface area contributed by atoms with Gasteiger partial charge in [-0.15, -0.1) is 12.4 Å². The predicted octanol–water partition coefficient (Wildman–Crippen LogP) is 5.29. The molecular formula is C39H45Cl2N11O4. The van der Waals surface area contributed by atoms with Crippen LogP contribution < -0.4 is 25.2 Å². The number of likely N-dealkylation sites (tertiary alicyclic amines) is 1. The molecule has 3 saturated heterocycles. The zero-order valence-corrected chi connectivity index (χ0v) is 32.6. The number of aromatic nitrogens is 5. The molecule has 1 saturated carbocycles. The molecule has 4 amide bonds. The number of nitrogens with one attached hydrogen (secondary N) is 2. The van der Waals surface area contributed by atoms with Gasteiger partial charge in [0.1, 0.15) is 29.6 Å². The molecule has 0 spiro atoms. The highest BCUT2D eigenvalue weighted by molar-refractivity contribution is 6.31. The monoisotopic (exact) mass is 801 g/mol. The number of nitriles is 1. The zero-order valence-electron chi connectivity index (χ0n) is 31.0. The number of nitrogens with zero attached hydrogens (tertiary/aromatic N) is 9. The van der Waals surface area contributed by atoms with Crippen molar-refractivity contribution in [1.29, 1.82) is 5.26 Å². The largest absolute Gasteiger partial charge is 0.490 e. The molecule has 4 fully saturated rings. The summed E-state index contributed by atoms with van der Waals surface area (Å²) in [7, 11) is 0. The molecule has 4 aliphatic rings. The van der Waals surface area contributed by atoms with Crippen molar-refractivity contribution < 1.29 is 19.1 Å². The van der Waals surface area contributed by atoms with E-state index < -0.39 is 6.03 Å². The van der Waals surface area contributed by atoms with E-state index in [1.807, 2.05) is 12.3 Å². The van der Waals surface area contributed by atoms with Gasteiger partial charge in [0.05, 0.1) is 27.6 Å². The number of urea groups is 1. The van der Waals surface area contributed by atoms with Crippen molar-refractivity contribution >= 4 is 64.7 Å². The molecule has 0 unspecified atom stereocenters. The van der Waals surface area contributed by atoms with Gasteiger partial charge >= 0.3 is 6.03 Å². The highest BCUT2D eigenvalue weighted by Crippen LogP contribution is 2.32. The molecule has 3 aliphatic heterocycles. The van der Waals surface area contributed by atoms with E-state index in [0.717, 1.165) is 95.1 Å². The van der Waals surface area contributed by atoms with Crippen LogP contribution in [-0.2, 0) is 4.79 Å². The maximum atomic E-state index is 13.0. The molecule has 3 aromatic heterocycles. The Bertz CT molecular complexity index is 2080. The Morgan fingerprint density at radius 1 is 0.946 bits per heavy atom. The first-order valence-electron chi connectivity index (χ1n) is 19.2. The number of amides is 4. The first-order chi connectivity index (χ1) is 26.8. The summed E-state index contributed by atoms with van der Waals surface area (Å²) in [6.07, 6.45) is 14.5. The molecule has 8 rings (SSSR count). The number of carbonyl (C=O) groups is 3. The molecule has 0 radical (unpaired) electrons. The van der Waals surface area contributed by atoms with Gasteiger partial charge in [-0.25, -0.2) is 24.7 Å². The third-order valence-electron chi connectivity index (χ3n) is 11.4. The lowest BCUT2D eigenvalue weighted by Crippen LogP contribution is -2.50. The van der Waals surface area contributed by atoms with E-state index in [0.29, 0.717) is 52.2 Å². The van der Waals surface area contributed by atoms with Crippen molar-refractivity contribution in [3.05, 3.63) is 65.3 Å². The molecular weight excluding hydrogens is 757 g/mol. The average Bonchev–Trinajstić information content (AvgIpc) is 3.64. The number of imide groups is 1. The van der Waals surface area contributed by atoms with Crippen LogP contribution in [0.1, 0.15) is 79.8 Å². The van der Waals surface area contributed by atoms with Gasteiger partial charge in [-0.1, -0.05) is 11.6 Å². The first kappa shape index (κ1) is 39.2.